The highest BCUT2D eigenvalue weighted by Crippen LogP contribution is 2.42. The van der Waals surface area contributed by atoms with E-state index in [4.69, 9.17) is 5.73 Å². The van der Waals surface area contributed by atoms with Crippen molar-refractivity contribution in [3.63, 3.8) is 0 Å². The summed E-state index contributed by atoms with van der Waals surface area (Å²) in [5, 5.41) is 9.66. The lowest BCUT2D eigenvalue weighted by molar-refractivity contribution is 0.0194. The Hall–Kier alpha value is -0.0800. The van der Waals surface area contributed by atoms with Crippen LogP contribution in [0.15, 0.2) is 0 Å². The standard InChI is InChI=1S/C13H25NO/c14-13(15)12-9-5-4-8-11(12)10-6-2-1-3-7-10/h10-13,15H,1-9,14H2. The zero-order valence-electron chi connectivity index (χ0n) is 9.70. The van der Waals surface area contributed by atoms with Gasteiger partial charge in [0.05, 0.1) is 0 Å². The van der Waals surface area contributed by atoms with Crippen molar-refractivity contribution in [2.24, 2.45) is 23.5 Å². The molecule has 0 amide bonds. The molecule has 0 saturated heterocycles. The third-order valence-electron chi connectivity index (χ3n) is 4.57. The first-order chi connectivity index (χ1) is 7.29. The van der Waals surface area contributed by atoms with Crippen LogP contribution in [0.4, 0.5) is 0 Å². The molecule has 0 spiro atoms. The van der Waals surface area contributed by atoms with E-state index < -0.39 is 6.23 Å². The maximum Gasteiger partial charge on any atom is 0.105 e. The Kier molecular flexibility index (Phi) is 4.04. The van der Waals surface area contributed by atoms with Crippen molar-refractivity contribution in [3.8, 4) is 0 Å². The molecule has 0 aromatic heterocycles. The van der Waals surface area contributed by atoms with E-state index in [2.05, 4.69) is 0 Å². The lowest BCUT2D eigenvalue weighted by Gasteiger charge is -2.40. The Bertz CT molecular complexity index is 187. The second-order valence-corrected chi connectivity index (χ2v) is 5.50. The maximum absolute atomic E-state index is 9.66. The van der Waals surface area contributed by atoms with Gasteiger partial charge in [-0.25, -0.2) is 0 Å². The van der Waals surface area contributed by atoms with Gasteiger partial charge in [0.15, 0.2) is 0 Å². The van der Waals surface area contributed by atoms with Gasteiger partial charge in [-0.2, -0.15) is 0 Å². The second-order valence-electron chi connectivity index (χ2n) is 5.50. The first kappa shape index (κ1) is 11.4. The molecule has 88 valence electrons. The van der Waals surface area contributed by atoms with Gasteiger partial charge in [-0.15, -0.1) is 0 Å². The Labute approximate surface area is 93.2 Å². The molecule has 2 nitrogen and oxygen atoms in total. The average Bonchev–Trinajstić information content (AvgIpc) is 2.30. The molecule has 15 heavy (non-hydrogen) atoms. The normalized spacial score (nSPS) is 36.4. The van der Waals surface area contributed by atoms with Crippen molar-refractivity contribution < 1.29 is 5.11 Å². The predicted molar refractivity (Wildman–Crippen MR) is 62.2 cm³/mol. The lowest BCUT2D eigenvalue weighted by atomic mass is 9.67. The molecule has 2 fully saturated rings. The minimum Gasteiger partial charge on any atom is -0.379 e. The van der Waals surface area contributed by atoms with Crippen LogP contribution in [0.25, 0.3) is 0 Å². The van der Waals surface area contributed by atoms with Gasteiger partial charge in [0.1, 0.15) is 6.23 Å². The molecule has 2 heteroatoms. The first-order valence-electron chi connectivity index (χ1n) is 6.72. The number of aliphatic hydroxyl groups excluding tert-OH is 1. The fraction of sp³-hybridized carbons (Fsp3) is 1.00. The summed E-state index contributed by atoms with van der Waals surface area (Å²) in [6.45, 7) is 0. The van der Waals surface area contributed by atoms with Gasteiger partial charge >= 0.3 is 0 Å². The molecule has 0 bridgehead atoms. The SMILES string of the molecule is NC(O)C1CCCCC1C1CCCCC1. The van der Waals surface area contributed by atoms with E-state index in [0.717, 1.165) is 18.3 Å². The molecular weight excluding hydrogens is 186 g/mol. The number of hydrogen-bond acceptors (Lipinski definition) is 2. The van der Waals surface area contributed by atoms with Gasteiger partial charge in [0, 0.05) is 5.92 Å². The largest absolute Gasteiger partial charge is 0.379 e. The van der Waals surface area contributed by atoms with Crippen LogP contribution in [0.1, 0.15) is 57.8 Å². The molecule has 2 saturated carbocycles. The van der Waals surface area contributed by atoms with Crippen molar-refractivity contribution in [1.82, 2.24) is 0 Å². The van der Waals surface area contributed by atoms with Crippen molar-refractivity contribution >= 4 is 0 Å². The Morgan fingerprint density at radius 1 is 0.867 bits per heavy atom. The number of aliphatic hydroxyl groups is 1. The van der Waals surface area contributed by atoms with E-state index in [0.29, 0.717) is 5.92 Å². The van der Waals surface area contributed by atoms with E-state index in [9.17, 15) is 5.11 Å². The van der Waals surface area contributed by atoms with Crippen LogP contribution in [0, 0.1) is 17.8 Å². The number of rotatable bonds is 2. The molecular formula is C13H25NO. The second kappa shape index (κ2) is 5.31. The summed E-state index contributed by atoms with van der Waals surface area (Å²) in [5.41, 5.74) is 5.72. The summed E-state index contributed by atoms with van der Waals surface area (Å²) < 4.78 is 0. The van der Waals surface area contributed by atoms with E-state index in [1.165, 1.54) is 51.4 Å². The Balaban J connectivity index is 1.96. The summed E-state index contributed by atoms with van der Waals surface area (Å²) in [6.07, 6.45) is 11.5. The highest BCUT2D eigenvalue weighted by molar-refractivity contribution is 4.84. The first-order valence-corrected chi connectivity index (χ1v) is 6.72. The fourth-order valence-corrected chi connectivity index (χ4v) is 3.76. The third-order valence-corrected chi connectivity index (χ3v) is 4.57. The molecule has 2 aliphatic carbocycles. The Morgan fingerprint density at radius 3 is 2.13 bits per heavy atom. The summed E-state index contributed by atoms with van der Waals surface area (Å²) in [6, 6.07) is 0. The van der Waals surface area contributed by atoms with E-state index in [1.54, 1.807) is 0 Å². The van der Waals surface area contributed by atoms with Crippen LogP contribution in [0.5, 0.6) is 0 Å². The monoisotopic (exact) mass is 211 g/mol. The quantitative estimate of drug-likeness (QED) is 0.690. The molecule has 0 aromatic rings. The maximum atomic E-state index is 9.66. The third kappa shape index (κ3) is 2.73. The van der Waals surface area contributed by atoms with E-state index in [1.807, 2.05) is 0 Å². The molecule has 3 atom stereocenters. The molecule has 0 aliphatic heterocycles. The van der Waals surface area contributed by atoms with Gasteiger partial charge < -0.3 is 10.8 Å². The van der Waals surface area contributed by atoms with E-state index in [-0.39, 0.29) is 0 Å². The van der Waals surface area contributed by atoms with Crippen molar-refractivity contribution in [3.05, 3.63) is 0 Å². The molecule has 0 heterocycles. The smallest absolute Gasteiger partial charge is 0.105 e. The van der Waals surface area contributed by atoms with Gasteiger partial charge in [-0.05, 0) is 24.7 Å². The van der Waals surface area contributed by atoms with Crippen LogP contribution in [-0.2, 0) is 0 Å². The molecule has 3 unspecified atom stereocenters. The zero-order valence-corrected chi connectivity index (χ0v) is 9.70. The van der Waals surface area contributed by atoms with Crippen LogP contribution in [0.3, 0.4) is 0 Å². The molecule has 3 N–H and O–H groups in total. The van der Waals surface area contributed by atoms with Gasteiger partial charge in [-0.3, -0.25) is 0 Å². The highest BCUT2D eigenvalue weighted by Gasteiger charge is 2.34. The minimum atomic E-state index is -0.572. The minimum absolute atomic E-state index is 0.391. The topological polar surface area (TPSA) is 46.2 Å². The van der Waals surface area contributed by atoms with Gasteiger partial charge in [-0.1, -0.05) is 44.9 Å². The summed E-state index contributed by atoms with van der Waals surface area (Å²) in [5.74, 6) is 1.98. The molecule has 0 aromatic carbocycles. The van der Waals surface area contributed by atoms with Crippen molar-refractivity contribution in [2.45, 2.75) is 64.0 Å². The average molecular weight is 211 g/mol. The molecule has 2 rings (SSSR count). The van der Waals surface area contributed by atoms with Gasteiger partial charge in [0.2, 0.25) is 0 Å². The lowest BCUT2D eigenvalue weighted by Crippen LogP contribution is -2.40. The highest BCUT2D eigenvalue weighted by atomic mass is 16.3. The molecule has 0 radical (unpaired) electrons. The summed E-state index contributed by atoms with van der Waals surface area (Å²) >= 11 is 0. The van der Waals surface area contributed by atoms with Gasteiger partial charge in [0.25, 0.3) is 0 Å². The van der Waals surface area contributed by atoms with Crippen LogP contribution in [0.2, 0.25) is 0 Å². The van der Waals surface area contributed by atoms with Crippen LogP contribution < -0.4 is 5.73 Å². The fourth-order valence-electron chi connectivity index (χ4n) is 3.76. The summed E-state index contributed by atoms with van der Waals surface area (Å²) in [7, 11) is 0. The van der Waals surface area contributed by atoms with E-state index >= 15 is 0 Å². The van der Waals surface area contributed by atoms with Crippen LogP contribution >= 0.6 is 0 Å². The van der Waals surface area contributed by atoms with Crippen molar-refractivity contribution in [1.29, 1.82) is 0 Å². The summed E-state index contributed by atoms with van der Waals surface area (Å²) in [4.78, 5) is 0. The van der Waals surface area contributed by atoms with Crippen LogP contribution in [-0.4, -0.2) is 11.3 Å². The number of hydrogen-bond donors (Lipinski definition) is 2. The van der Waals surface area contributed by atoms with Crippen molar-refractivity contribution in [2.75, 3.05) is 0 Å². The molecule has 2 aliphatic rings. The number of nitrogens with two attached hydrogens (primary N) is 1. The predicted octanol–water partition coefficient (Wildman–Crippen LogP) is 2.65. The zero-order chi connectivity index (χ0) is 10.7. The Morgan fingerprint density at radius 2 is 1.47 bits per heavy atom.